The Labute approximate surface area is 374 Å². The van der Waals surface area contributed by atoms with E-state index in [-0.39, 0.29) is 117 Å². The van der Waals surface area contributed by atoms with Crippen LogP contribution >= 0.6 is 35.6 Å². The Kier molecular flexibility index (Phi) is 22.7. The van der Waals surface area contributed by atoms with Crippen LogP contribution in [0.15, 0.2) is 78.9 Å². The van der Waals surface area contributed by atoms with Gasteiger partial charge < -0.3 is 24.4 Å². The number of nitrogens with one attached hydrogen (secondary N) is 1. The summed E-state index contributed by atoms with van der Waals surface area (Å²) < 4.78 is 78.5. The van der Waals surface area contributed by atoms with E-state index in [2.05, 4.69) is 46.8 Å². The number of thioether (sulfide) groups is 2. The summed E-state index contributed by atoms with van der Waals surface area (Å²) in [6.07, 6.45) is 2.11. The molecule has 3 aromatic carbocycles. The maximum atomic E-state index is 12.0. The van der Waals surface area contributed by atoms with Gasteiger partial charge in [0.25, 0.3) is 0 Å². The Morgan fingerprint density at radius 3 is 2.06 bits per heavy atom. The summed E-state index contributed by atoms with van der Waals surface area (Å²) in [7, 11) is -7.76. The minimum absolute atomic E-state index is 0. The molecule has 0 atom stereocenters. The maximum absolute atomic E-state index is 12.0. The van der Waals surface area contributed by atoms with Crippen molar-refractivity contribution in [1.82, 2.24) is 15.0 Å². The number of hydrogen-bond acceptors (Lipinski definition) is 19. The molecule has 1 N–H and O–H groups in total. The first-order chi connectivity index (χ1) is 22.9. The fraction of sp³-hybridized carbons (Fsp3) is 0.296. The molecule has 16 nitrogen and oxygen atoms in total. The second-order valence-corrected chi connectivity index (χ2v) is 15.4. The van der Waals surface area contributed by atoms with Gasteiger partial charge in [0, 0.05) is 33.6 Å². The standard InChI is InChI=1S/C27H30N6O10S5.3Na/c1-3-4-10-44-26-29-25(30-27(31-26)45-11-5-12-47(35,36)37)28-22-9-8-19(15-23(22)41-2)33-32-18-7-6-17-13-20(46-43-42-34)16-24(21(17)14-18)48(38,39)40;;;/h6-9,13-16,34H,3-5,10-12H2,1-2H3,(H,35,36,37)(H,38,39,40)(H,28,29,30,31);;;/q;3*+1/p-3. The predicted molar refractivity (Wildman–Crippen MR) is 176 cm³/mol. The molecule has 0 bridgehead atoms. The Morgan fingerprint density at radius 2 is 1.47 bits per heavy atom. The molecule has 0 aliphatic carbocycles. The van der Waals surface area contributed by atoms with E-state index in [4.69, 9.17) is 4.74 Å². The third-order valence-corrected chi connectivity index (χ3v) is 10.2. The number of ether oxygens (including phenoxy) is 1. The normalized spacial score (nSPS) is 11.5. The van der Waals surface area contributed by atoms with Crippen LogP contribution in [-0.2, 0) is 29.6 Å². The average molecular weight is 825 g/mol. The van der Waals surface area contributed by atoms with Crippen LogP contribution < -0.4 is 104 Å². The van der Waals surface area contributed by atoms with Gasteiger partial charge in [-0.15, -0.1) is 0 Å². The second kappa shape index (κ2) is 23.7. The van der Waals surface area contributed by atoms with Crippen molar-refractivity contribution in [3.05, 3.63) is 48.5 Å². The van der Waals surface area contributed by atoms with Crippen LogP contribution in [0.1, 0.15) is 26.2 Å². The van der Waals surface area contributed by atoms with E-state index >= 15 is 0 Å². The van der Waals surface area contributed by atoms with Gasteiger partial charge in [0.15, 0.2) is 10.3 Å². The summed E-state index contributed by atoms with van der Waals surface area (Å²) in [6.45, 7) is 2.07. The first-order valence-electron chi connectivity index (χ1n) is 13.9. The number of benzene rings is 3. The number of fused-ring (bicyclic) bond motifs is 1. The number of nitrogens with zero attached hydrogens (tertiary/aromatic N) is 5. The fourth-order valence-electron chi connectivity index (χ4n) is 3.97. The van der Waals surface area contributed by atoms with Gasteiger partial charge in [-0.1, -0.05) is 42.9 Å². The maximum Gasteiger partial charge on any atom is 1.00 e. The number of aromatic nitrogens is 3. The molecular weight excluding hydrogens is 798 g/mol. The molecule has 0 aliphatic rings. The van der Waals surface area contributed by atoms with Gasteiger partial charge in [-0.2, -0.15) is 29.5 Å². The van der Waals surface area contributed by atoms with Gasteiger partial charge in [0.1, 0.15) is 15.9 Å². The molecule has 0 unspecified atom stereocenters. The van der Waals surface area contributed by atoms with Gasteiger partial charge in [-0.25, -0.2) is 16.8 Å². The van der Waals surface area contributed by atoms with Crippen LogP contribution in [0.25, 0.3) is 10.8 Å². The van der Waals surface area contributed by atoms with Crippen molar-refractivity contribution < 1.29 is 134 Å². The SMILES string of the molecule is CCCCSc1nc(Nc2ccc(N=Nc3ccc4cc(SOO[O-])cc(S(=O)(=O)[O-])c4c3)cc2OC)nc(SCCCS(=O)(=O)[O-])n1.[Na+].[Na+].[Na+]. The second-order valence-electron chi connectivity index (χ2n) is 9.60. The molecule has 0 aliphatic heterocycles. The molecule has 0 saturated heterocycles. The number of rotatable bonds is 18. The molecule has 4 rings (SSSR count). The Bertz CT molecular complexity index is 2000. The first-order valence-corrected chi connectivity index (χ1v) is 19.6. The van der Waals surface area contributed by atoms with Gasteiger partial charge in [-0.3, -0.25) is 5.04 Å². The molecule has 4 aromatic rings. The average Bonchev–Trinajstić information content (AvgIpc) is 3.04. The molecule has 1 heterocycles. The minimum atomic E-state index is -4.91. The Morgan fingerprint density at radius 1 is 0.843 bits per heavy atom. The summed E-state index contributed by atoms with van der Waals surface area (Å²) >= 11 is 3.12. The molecule has 0 spiro atoms. The van der Waals surface area contributed by atoms with Gasteiger partial charge >= 0.3 is 88.7 Å². The molecule has 0 saturated carbocycles. The smallest absolute Gasteiger partial charge is 0.748 e. The van der Waals surface area contributed by atoms with Gasteiger partial charge in [0.05, 0.1) is 51.2 Å². The third kappa shape index (κ3) is 16.3. The van der Waals surface area contributed by atoms with Crippen molar-refractivity contribution in [1.29, 1.82) is 0 Å². The van der Waals surface area contributed by atoms with Crippen molar-refractivity contribution >= 4 is 89.6 Å². The van der Waals surface area contributed by atoms with Crippen LogP contribution in [0.2, 0.25) is 0 Å². The molecular formula is C27H27N6Na3O10S5. The predicted octanol–water partition coefficient (Wildman–Crippen LogP) is -3.74. The van der Waals surface area contributed by atoms with Crippen LogP contribution in [0.5, 0.6) is 5.75 Å². The number of anilines is 2. The molecule has 0 radical (unpaired) electrons. The van der Waals surface area contributed by atoms with Crippen molar-refractivity contribution in [2.24, 2.45) is 10.2 Å². The van der Waals surface area contributed by atoms with Crippen molar-refractivity contribution in [3.63, 3.8) is 0 Å². The Hall–Kier alpha value is -0.120. The number of unbranched alkanes of at least 4 members (excludes halogenated alkanes) is 1. The van der Waals surface area contributed by atoms with Crippen molar-refractivity contribution in [2.45, 2.75) is 46.3 Å². The van der Waals surface area contributed by atoms with Gasteiger partial charge in [-0.05, 0) is 54.6 Å². The Balaban J connectivity index is 0.00000433. The van der Waals surface area contributed by atoms with Crippen molar-refractivity contribution in [2.75, 3.05) is 29.7 Å². The summed E-state index contributed by atoms with van der Waals surface area (Å²) in [4.78, 5) is 13.0. The summed E-state index contributed by atoms with van der Waals surface area (Å²) in [5.41, 5.74) is 1.13. The molecule has 1 aromatic heterocycles. The zero-order valence-electron chi connectivity index (χ0n) is 28.2. The van der Waals surface area contributed by atoms with E-state index in [1.165, 1.54) is 48.8 Å². The number of hydrogen-bond donors (Lipinski definition) is 1. The van der Waals surface area contributed by atoms with E-state index in [0.29, 0.717) is 50.6 Å². The van der Waals surface area contributed by atoms with E-state index in [1.54, 1.807) is 24.3 Å². The van der Waals surface area contributed by atoms with E-state index in [1.807, 2.05) is 0 Å². The van der Waals surface area contributed by atoms with Crippen LogP contribution in [0.4, 0.5) is 23.0 Å². The zero-order chi connectivity index (χ0) is 34.7. The van der Waals surface area contributed by atoms with Crippen LogP contribution in [-0.4, -0.2) is 65.3 Å². The summed E-state index contributed by atoms with van der Waals surface area (Å²) in [5, 5.41) is 26.3. The van der Waals surface area contributed by atoms with Gasteiger partial charge in [0.2, 0.25) is 5.95 Å². The summed E-state index contributed by atoms with van der Waals surface area (Å²) in [5.74, 6) is 1.24. The fourth-order valence-corrected chi connectivity index (χ4v) is 7.64. The minimum Gasteiger partial charge on any atom is -0.748 e. The van der Waals surface area contributed by atoms with Crippen LogP contribution in [0.3, 0.4) is 0 Å². The first kappa shape index (κ1) is 48.9. The third-order valence-electron chi connectivity index (χ3n) is 6.11. The quantitative estimate of drug-likeness (QED) is 0.0148. The van der Waals surface area contributed by atoms with E-state index in [0.717, 1.165) is 24.7 Å². The monoisotopic (exact) mass is 824 g/mol. The largest absolute Gasteiger partial charge is 1.00 e. The molecule has 0 amide bonds. The van der Waals surface area contributed by atoms with Crippen molar-refractivity contribution in [3.8, 4) is 5.75 Å². The summed E-state index contributed by atoms with van der Waals surface area (Å²) in [6, 6.07) is 12.0. The number of methoxy groups -OCH3 is 1. The van der Waals surface area contributed by atoms with E-state index < -0.39 is 30.9 Å². The van der Waals surface area contributed by atoms with E-state index in [9.17, 15) is 31.2 Å². The zero-order valence-corrected chi connectivity index (χ0v) is 38.3. The molecule has 0 fully saturated rings. The topological polar surface area (TPSA) is 241 Å². The van der Waals surface area contributed by atoms with Crippen LogP contribution in [0, 0.1) is 0 Å². The number of azo groups is 1. The molecule has 51 heavy (non-hydrogen) atoms. The molecule has 258 valence electrons. The molecule has 24 heteroatoms.